The molecule has 1 N–H and O–H groups in total. The molecule has 4 nitrogen and oxygen atoms in total. The lowest BCUT2D eigenvalue weighted by atomic mass is 10.1. The van der Waals surface area contributed by atoms with Crippen molar-refractivity contribution in [3.05, 3.63) is 40.4 Å². The highest BCUT2D eigenvalue weighted by Crippen LogP contribution is 2.26. The van der Waals surface area contributed by atoms with Crippen LogP contribution in [0.1, 0.15) is 26.2 Å². The van der Waals surface area contributed by atoms with Crippen molar-refractivity contribution in [3.8, 4) is 0 Å². The van der Waals surface area contributed by atoms with E-state index in [1.807, 2.05) is 6.08 Å². The molecular formula is C16H17Cl2NO3. The Labute approximate surface area is 139 Å². The number of benzene rings is 1. The van der Waals surface area contributed by atoms with E-state index in [9.17, 15) is 9.59 Å². The number of ether oxygens (including phenoxy) is 1. The lowest BCUT2D eigenvalue weighted by Crippen LogP contribution is -2.30. The van der Waals surface area contributed by atoms with E-state index in [1.54, 1.807) is 18.2 Å². The number of allylic oxidation sites excluding steroid dienone is 2. The maximum atomic E-state index is 12.0. The summed E-state index contributed by atoms with van der Waals surface area (Å²) in [4.78, 5) is 23.8. The van der Waals surface area contributed by atoms with Crippen LogP contribution in [0.2, 0.25) is 10.0 Å². The number of nitrogens with one attached hydrogen (secondary N) is 1. The number of hydrogen-bond acceptors (Lipinski definition) is 3. The van der Waals surface area contributed by atoms with Crippen molar-refractivity contribution < 1.29 is 14.3 Å². The molecule has 0 radical (unpaired) electrons. The van der Waals surface area contributed by atoms with E-state index in [2.05, 4.69) is 11.4 Å². The van der Waals surface area contributed by atoms with E-state index in [0.29, 0.717) is 22.2 Å². The van der Waals surface area contributed by atoms with Gasteiger partial charge in [-0.2, -0.15) is 0 Å². The number of halogens is 2. The van der Waals surface area contributed by atoms with Gasteiger partial charge >= 0.3 is 5.97 Å². The fraction of sp³-hybridized carbons (Fsp3) is 0.375. The minimum Gasteiger partial charge on any atom is -0.453 e. The summed E-state index contributed by atoms with van der Waals surface area (Å²) in [5.41, 5.74) is 0.390. The SMILES string of the molecule is C[C@@H](OC(=O)C[C@H]1C=CCC1)C(=O)Nc1cc(Cl)ccc1Cl. The highest BCUT2D eigenvalue weighted by Gasteiger charge is 2.21. The van der Waals surface area contributed by atoms with Gasteiger partial charge in [0.2, 0.25) is 0 Å². The monoisotopic (exact) mass is 341 g/mol. The van der Waals surface area contributed by atoms with E-state index in [-0.39, 0.29) is 11.9 Å². The molecule has 0 bridgehead atoms. The fourth-order valence-electron chi connectivity index (χ4n) is 2.21. The molecule has 1 amide bonds. The molecule has 1 aromatic rings. The molecule has 2 rings (SSSR count). The maximum absolute atomic E-state index is 12.0. The standard InChI is InChI=1S/C16H17Cl2NO3/c1-10(22-15(20)8-11-4-2-3-5-11)16(21)19-14-9-12(17)6-7-13(14)18/h2,4,6-7,9-11H,3,5,8H2,1H3,(H,19,21)/t10-,11+/m1/s1. The molecule has 0 aliphatic heterocycles. The summed E-state index contributed by atoms with van der Waals surface area (Å²) in [7, 11) is 0. The number of carbonyl (C=O) groups is 2. The molecule has 2 atom stereocenters. The van der Waals surface area contributed by atoms with Gasteiger partial charge in [-0.15, -0.1) is 0 Å². The van der Waals surface area contributed by atoms with Crippen LogP contribution in [-0.4, -0.2) is 18.0 Å². The van der Waals surface area contributed by atoms with Crippen LogP contribution in [0.5, 0.6) is 0 Å². The van der Waals surface area contributed by atoms with Crippen molar-refractivity contribution in [1.82, 2.24) is 0 Å². The first-order valence-electron chi connectivity index (χ1n) is 7.08. The number of carbonyl (C=O) groups excluding carboxylic acids is 2. The Bertz CT molecular complexity index is 601. The van der Waals surface area contributed by atoms with Crippen molar-refractivity contribution in [2.75, 3.05) is 5.32 Å². The van der Waals surface area contributed by atoms with Gasteiger partial charge in [0.25, 0.3) is 5.91 Å². The lowest BCUT2D eigenvalue weighted by Gasteiger charge is -2.15. The third-order valence-electron chi connectivity index (χ3n) is 3.40. The Morgan fingerprint density at radius 1 is 1.41 bits per heavy atom. The second-order valence-corrected chi connectivity index (χ2v) is 6.06. The normalized spacial score (nSPS) is 18.0. The first-order chi connectivity index (χ1) is 10.5. The first-order valence-corrected chi connectivity index (χ1v) is 7.83. The lowest BCUT2D eigenvalue weighted by molar-refractivity contribution is -0.153. The Balaban J connectivity index is 1.87. The molecule has 118 valence electrons. The highest BCUT2D eigenvalue weighted by molar-refractivity contribution is 6.35. The quantitative estimate of drug-likeness (QED) is 0.644. The molecule has 0 heterocycles. The van der Waals surface area contributed by atoms with Gasteiger partial charge in [-0.05, 0) is 43.9 Å². The van der Waals surface area contributed by atoms with E-state index in [1.165, 1.54) is 6.92 Å². The van der Waals surface area contributed by atoms with Crippen molar-refractivity contribution in [3.63, 3.8) is 0 Å². The van der Waals surface area contributed by atoms with Crippen LogP contribution in [0.15, 0.2) is 30.4 Å². The van der Waals surface area contributed by atoms with E-state index >= 15 is 0 Å². The average Bonchev–Trinajstić information content (AvgIpc) is 2.95. The Hall–Kier alpha value is -1.52. The number of anilines is 1. The topological polar surface area (TPSA) is 55.4 Å². The third-order valence-corrected chi connectivity index (χ3v) is 3.97. The summed E-state index contributed by atoms with van der Waals surface area (Å²) in [5.74, 6) is -0.610. The third kappa shape index (κ3) is 4.75. The van der Waals surface area contributed by atoms with Crippen LogP contribution in [0.25, 0.3) is 0 Å². The number of hydrogen-bond donors (Lipinski definition) is 1. The molecule has 0 unspecified atom stereocenters. The van der Waals surface area contributed by atoms with Crippen LogP contribution in [-0.2, 0) is 14.3 Å². The predicted molar refractivity (Wildman–Crippen MR) is 87.1 cm³/mol. The van der Waals surface area contributed by atoms with Gasteiger partial charge < -0.3 is 10.1 Å². The van der Waals surface area contributed by atoms with Gasteiger partial charge in [-0.25, -0.2) is 0 Å². The average molecular weight is 342 g/mol. The zero-order valence-corrected chi connectivity index (χ0v) is 13.7. The van der Waals surface area contributed by atoms with Crippen LogP contribution < -0.4 is 5.32 Å². The summed E-state index contributed by atoms with van der Waals surface area (Å²) >= 11 is 11.8. The summed E-state index contributed by atoms with van der Waals surface area (Å²) < 4.78 is 5.16. The minimum absolute atomic E-state index is 0.213. The van der Waals surface area contributed by atoms with Crippen LogP contribution >= 0.6 is 23.2 Å². The fourth-order valence-corrected chi connectivity index (χ4v) is 2.54. The smallest absolute Gasteiger partial charge is 0.307 e. The minimum atomic E-state index is -0.895. The summed E-state index contributed by atoms with van der Waals surface area (Å²) in [6, 6.07) is 4.75. The summed E-state index contributed by atoms with van der Waals surface area (Å²) in [6.45, 7) is 1.52. The Morgan fingerprint density at radius 3 is 2.86 bits per heavy atom. The van der Waals surface area contributed by atoms with Gasteiger partial charge in [0.15, 0.2) is 6.10 Å². The van der Waals surface area contributed by atoms with Crippen LogP contribution in [0.3, 0.4) is 0 Å². The molecule has 0 spiro atoms. The van der Waals surface area contributed by atoms with Crippen LogP contribution in [0.4, 0.5) is 5.69 Å². The van der Waals surface area contributed by atoms with Gasteiger partial charge in [0.1, 0.15) is 0 Å². The van der Waals surface area contributed by atoms with E-state index < -0.39 is 12.0 Å². The van der Waals surface area contributed by atoms with Crippen molar-refractivity contribution in [2.45, 2.75) is 32.3 Å². The number of rotatable bonds is 5. The van der Waals surface area contributed by atoms with Gasteiger partial charge in [-0.3, -0.25) is 9.59 Å². The zero-order chi connectivity index (χ0) is 16.1. The molecule has 0 aromatic heterocycles. The number of esters is 1. The van der Waals surface area contributed by atoms with Gasteiger partial charge in [-0.1, -0.05) is 35.4 Å². The molecule has 0 saturated carbocycles. The van der Waals surface area contributed by atoms with Gasteiger partial charge in [0, 0.05) is 5.02 Å². The van der Waals surface area contributed by atoms with E-state index in [4.69, 9.17) is 27.9 Å². The van der Waals surface area contributed by atoms with Crippen LogP contribution in [0, 0.1) is 5.92 Å². The first kappa shape index (κ1) is 16.8. The Kier molecular flexibility index (Phi) is 5.86. The second-order valence-electron chi connectivity index (χ2n) is 5.22. The van der Waals surface area contributed by atoms with E-state index in [0.717, 1.165) is 12.8 Å². The molecule has 6 heteroatoms. The predicted octanol–water partition coefficient (Wildman–Crippen LogP) is 4.22. The molecule has 0 fully saturated rings. The molecule has 0 saturated heterocycles. The number of amides is 1. The molecule has 22 heavy (non-hydrogen) atoms. The zero-order valence-electron chi connectivity index (χ0n) is 12.1. The Morgan fingerprint density at radius 2 is 2.18 bits per heavy atom. The maximum Gasteiger partial charge on any atom is 0.307 e. The second kappa shape index (κ2) is 7.65. The van der Waals surface area contributed by atoms with Gasteiger partial charge in [0.05, 0.1) is 17.1 Å². The molecule has 1 aliphatic rings. The van der Waals surface area contributed by atoms with Crippen molar-refractivity contribution in [1.29, 1.82) is 0 Å². The van der Waals surface area contributed by atoms with Crippen molar-refractivity contribution >= 4 is 40.8 Å². The largest absolute Gasteiger partial charge is 0.453 e. The summed E-state index contributed by atoms with van der Waals surface area (Å²) in [6.07, 6.45) is 5.40. The molecular weight excluding hydrogens is 325 g/mol. The van der Waals surface area contributed by atoms with Crippen molar-refractivity contribution in [2.24, 2.45) is 5.92 Å². The molecule has 1 aromatic carbocycles. The summed E-state index contributed by atoms with van der Waals surface area (Å²) in [5, 5.41) is 3.43. The molecule has 1 aliphatic carbocycles. The highest BCUT2D eigenvalue weighted by atomic mass is 35.5.